The van der Waals surface area contributed by atoms with Crippen LogP contribution in [0.25, 0.3) is 0 Å². The van der Waals surface area contributed by atoms with Crippen LogP contribution in [0.2, 0.25) is 0 Å². The Hall–Kier alpha value is -2.43. The maximum atomic E-state index is 4.54. The molecule has 1 heterocycles. The number of aryl methyl sites for hydroxylation is 2. The van der Waals surface area contributed by atoms with Crippen molar-refractivity contribution in [3.8, 4) is 0 Å². The lowest BCUT2D eigenvalue weighted by Gasteiger charge is -2.13. The molecule has 0 unspecified atom stereocenters. The van der Waals surface area contributed by atoms with Gasteiger partial charge < -0.3 is 10.6 Å². The van der Waals surface area contributed by atoms with Crippen LogP contribution in [-0.4, -0.2) is 19.1 Å². The number of hydrogen-bond donors (Lipinski definition) is 2. The second kappa shape index (κ2) is 6.56. The van der Waals surface area contributed by atoms with E-state index in [9.17, 15) is 0 Å². The molecule has 2 N–H and O–H groups in total. The van der Waals surface area contributed by atoms with Gasteiger partial charge in [-0.05, 0) is 50.5 Å². The average molecular weight is 297 g/mol. The van der Waals surface area contributed by atoms with Gasteiger partial charge in [0.05, 0.1) is 5.69 Å². The Bertz CT molecular complexity index is 719. The molecule has 0 aliphatic rings. The lowest BCUT2D eigenvalue weighted by Crippen LogP contribution is -2.02. The van der Waals surface area contributed by atoms with E-state index in [1.165, 1.54) is 5.56 Å². The van der Waals surface area contributed by atoms with E-state index >= 15 is 0 Å². The van der Waals surface area contributed by atoms with E-state index in [0.717, 1.165) is 39.7 Å². The minimum atomic E-state index is 0.723. The molecule has 0 spiro atoms. The molecule has 0 atom stereocenters. The maximum absolute atomic E-state index is 4.54. The van der Waals surface area contributed by atoms with Gasteiger partial charge in [0, 0.05) is 14.1 Å². The molecule has 2 aromatic rings. The summed E-state index contributed by atoms with van der Waals surface area (Å²) in [6.45, 7) is 8.18. The lowest BCUT2D eigenvalue weighted by atomic mass is 10.1. The molecule has 116 valence electrons. The smallest absolute Gasteiger partial charge is 0.156 e. The fraction of sp³-hybridized carbons (Fsp3) is 0.353. The predicted octanol–water partition coefficient (Wildman–Crippen LogP) is 4.81. The van der Waals surface area contributed by atoms with Crippen LogP contribution >= 0.6 is 0 Å². The predicted molar refractivity (Wildman–Crippen MR) is 92.9 cm³/mol. The Morgan fingerprint density at radius 2 is 1.55 bits per heavy atom. The summed E-state index contributed by atoms with van der Waals surface area (Å²) in [5.74, 6) is 1.58. The number of hydrogen-bond acceptors (Lipinski definition) is 5. The van der Waals surface area contributed by atoms with Crippen molar-refractivity contribution < 1.29 is 0 Å². The molecular weight excluding hydrogens is 274 g/mol. The number of rotatable bonds is 4. The Labute approximate surface area is 131 Å². The zero-order valence-electron chi connectivity index (χ0n) is 14.1. The highest BCUT2D eigenvalue weighted by Crippen LogP contribution is 2.34. The topological polar surface area (TPSA) is 61.7 Å². The molecule has 5 nitrogen and oxygen atoms in total. The molecule has 0 saturated heterocycles. The molecule has 0 radical (unpaired) electrons. The third kappa shape index (κ3) is 3.08. The van der Waals surface area contributed by atoms with Crippen LogP contribution in [0.4, 0.5) is 23.0 Å². The van der Waals surface area contributed by atoms with Gasteiger partial charge in [-0.2, -0.15) is 5.11 Å². The van der Waals surface area contributed by atoms with Gasteiger partial charge in [-0.25, -0.2) is 4.98 Å². The van der Waals surface area contributed by atoms with E-state index in [1.807, 2.05) is 47.0 Å². The number of azo groups is 1. The van der Waals surface area contributed by atoms with Crippen LogP contribution < -0.4 is 10.6 Å². The van der Waals surface area contributed by atoms with Gasteiger partial charge in [-0.1, -0.05) is 17.7 Å². The zero-order chi connectivity index (χ0) is 16.3. The fourth-order valence-corrected chi connectivity index (χ4v) is 2.34. The number of anilines is 2. The van der Waals surface area contributed by atoms with Gasteiger partial charge >= 0.3 is 0 Å². The fourth-order valence-electron chi connectivity index (χ4n) is 2.34. The summed E-state index contributed by atoms with van der Waals surface area (Å²) in [6.07, 6.45) is 0. The molecular formula is C17H23N5. The first-order chi connectivity index (χ1) is 10.5. The van der Waals surface area contributed by atoms with Crippen molar-refractivity contribution in [3.63, 3.8) is 0 Å². The van der Waals surface area contributed by atoms with Crippen LogP contribution in [0.5, 0.6) is 0 Å². The molecule has 1 aromatic heterocycles. The second-order valence-corrected chi connectivity index (χ2v) is 5.40. The van der Waals surface area contributed by atoms with E-state index in [0.29, 0.717) is 0 Å². The van der Waals surface area contributed by atoms with Crippen LogP contribution in [0.1, 0.15) is 22.3 Å². The monoisotopic (exact) mass is 297 g/mol. The molecule has 0 fully saturated rings. The van der Waals surface area contributed by atoms with Crippen molar-refractivity contribution in [2.45, 2.75) is 27.7 Å². The van der Waals surface area contributed by atoms with Crippen LogP contribution in [0, 0.1) is 27.7 Å². The SMILES string of the molecule is CNc1nc(NC)c(N=Nc2ccc(C)cc2C)c(C)c1C. The van der Waals surface area contributed by atoms with Crippen molar-refractivity contribution in [2.75, 3.05) is 24.7 Å². The molecule has 0 bridgehead atoms. The lowest BCUT2D eigenvalue weighted by molar-refractivity contribution is 1.13. The highest BCUT2D eigenvalue weighted by molar-refractivity contribution is 5.71. The van der Waals surface area contributed by atoms with Gasteiger partial charge in [-0.3, -0.25) is 0 Å². The van der Waals surface area contributed by atoms with Gasteiger partial charge in [0.1, 0.15) is 11.5 Å². The van der Waals surface area contributed by atoms with Crippen molar-refractivity contribution in [3.05, 3.63) is 40.5 Å². The van der Waals surface area contributed by atoms with Gasteiger partial charge in [-0.15, -0.1) is 5.11 Å². The van der Waals surface area contributed by atoms with Crippen molar-refractivity contribution in [1.82, 2.24) is 4.98 Å². The number of benzene rings is 1. The van der Waals surface area contributed by atoms with Gasteiger partial charge in [0.15, 0.2) is 5.82 Å². The minimum Gasteiger partial charge on any atom is -0.373 e. The maximum Gasteiger partial charge on any atom is 0.156 e. The first-order valence-electron chi connectivity index (χ1n) is 7.33. The largest absolute Gasteiger partial charge is 0.373 e. The molecule has 5 heteroatoms. The highest BCUT2D eigenvalue weighted by Gasteiger charge is 2.13. The van der Waals surface area contributed by atoms with E-state index in [4.69, 9.17) is 0 Å². The Morgan fingerprint density at radius 3 is 2.14 bits per heavy atom. The third-order valence-electron chi connectivity index (χ3n) is 3.80. The summed E-state index contributed by atoms with van der Waals surface area (Å²) in [4.78, 5) is 4.54. The molecule has 0 aliphatic heterocycles. The van der Waals surface area contributed by atoms with Crippen LogP contribution in [-0.2, 0) is 0 Å². The van der Waals surface area contributed by atoms with Crippen molar-refractivity contribution in [2.24, 2.45) is 10.2 Å². The molecule has 0 saturated carbocycles. The Morgan fingerprint density at radius 1 is 0.864 bits per heavy atom. The van der Waals surface area contributed by atoms with E-state index in [1.54, 1.807) is 0 Å². The van der Waals surface area contributed by atoms with Crippen LogP contribution in [0.15, 0.2) is 28.4 Å². The molecule has 1 aromatic carbocycles. The standard InChI is InChI=1S/C17H23N5/c1-10-7-8-14(11(2)9-10)21-22-15-12(3)13(4)16(18-5)20-17(15)19-6/h7-9H,1-6H3,(H2,18,19,20). The first kappa shape index (κ1) is 15.9. The summed E-state index contributed by atoms with van der Waals surface area (Å²) in [5.41, 5.74) is 6.14. The summed E-state index contributed by atoms with van der Waals surface area (Å²) in [6, 6.07) is 6.14. The number of nitrogens with zero attached hydrogens (tertiary/aromatic N) is 3. The number of aromatic nitrogens is 1. The minimum absolute atomic E-state index is 0.723. The summed E-state index contributed by atoms with van der Waals surface area (Å²) < 4.78 is 0. The normalized spacial score (nSPS) is 11.0. The molecule has 2 rings (SSSR count). The Kier molecular flexibility index (Phi) is 4.75. The summed E-state index contributed by atoms with van der Waals surface area (Å²) in [5, 5.41) is 15.1. The van der Waals surface area contributed by atoms with Crippen molar-refractivity contribution >= 4 is 23.0 Å². The van der Waals surface area contributed by atoms with E-state index in [-0.39, 0.29) is 0 Å². The number of nitrogens with one attached hydrogen (secondary N) is 2. The van der Waals surface area contributed by atoms with Gasteiger partial charge in [0.2, 0.25) is 0 Å². The van der Waals surface area contributed by atoms with Crippen molar-refractivity contribution in [1.29, 1.82) is 0 Å². The first-order valence-corrected chi connectivity index (χ1v) is 7.33. The molecule has 0 aliphatic carbocycles. The second-order valence-electron chi connectivity index (χ2n) is 5.40. The summed E-state index contributed by atoms with van der Waals surface area (Å²) in [7, 11) is 3.71. The molecule has 22 heavy (non-hydrogen) atoms. The Balaban J connectivity index is 2.48. The molecule has 0 amide bonds. The third-order valence-corrected chi connectivity index (χ3v) is 3.80. The van der Waals surface area contributed by atoms with Gasteiger partial charge in [0.25, 0.3) is 0 Å². The summed E-state index contributed by atoms with van der Waals surface area (Å²) >= 11 is 0. The van der Waals surface area contributed by atoms with E-state index in [2.05, 4.69) is 38.8 Å². The van der Waals surface area contributed by atoms with E-state index < -0.39 is 0 Å². The zero-order valence-corrected chi connectivity index (χ0v) is 14.1. The highest BCUT2D eigenvalue weighted by atomic mass is 15.1. The number of pyridine rings is 1. The average Bonchev–Trinajstić information content (AvgIpc) is 2.50. The van der Waals surface area contributed by atoms with Crippen LogP contribution in [0.3, 0.4) is 0 Å². The quantitative estimate of drug-likeness (QED) is 0.796.